The number of sulfone groups is 1. The standard InChI is InChI=1S/C14H18N4O3S.C14H18N4O2.C13H15BrN4O2.C13H15BrN4O.C13H15ClN4O.C13H17N5O3S.C13H16N4O2/c1-8(2)10-6-17-13(22(4,19)20)5-11(10)21-12-7-16-9(3)18-14(12)15;1-8(2)10-6-17-13(19-4)5-11(10)20-12-7-16-9(3)18-14(12)15;1-7(2)9-6-18(19)12(14)4-10(9)20-11-5-16-8(3)17-13(11)15;2*1-7(2)9-5-17-12(14)4-10(9)19-11-6-16-8(3)18-13(11)15;1-7(2)9-5-17-12(22(15,19)20)4-10(9)21-11-6-16-8(3)18-13(11)14;1-7(2)9-5-16-12(18)4-10(9)19-11-6-15-8(3)17-13(11)14/h5-8H,1-4H3,(H2,15,16,18);5-8H,1-4H3,(H2,15,16,18);4-7H,1-3H3,(H2,15,16,17);2*4-7H,1-3H3,(H2,15,16,18);4-7H,1-3H3,(H2,14,16,18)(H2,15,19,20);4-7H,1-3H3,(H,16,18)(H2,14,15,17). The number of halogens is 3. The number of aromatic nitrogens is 21. The van der Waals surface area contributed by atoms with E-state index in [-0.39, 0.29) is 85.9 Å². The maximum Gasteiger partial charge on any atom is 0.262 e. The van der Waals surface area contributed by atoms with Crippen LogP contribution in [0.3, 0.4) is 0 Å². The number of aryl methyl sites for hydroxylation is 7. The molecular formula is C93H114Br2ClN29O14S2. The Morgan fingerprint density at radius 2 is 0.603 bits per heavy atom. The highest BCUT2D eigenvalue weighted by atomic mass is 79.9. The van der Waals surface area contributed by atoms with Gasteiger partial charge in [-0.25, -0.2) is 117 Å². The van der Waals surface area contributed by atoms with Crippen LogP contribution in [0.15, 0.2) is 153 Å². The molecule has 0 aliphatic carbocycles. The molecule has 0 spiro atoms. The first kappa shape index (κ1) is 112. The number of nitrogens with one attached hydrogen (secondary N) is 1. The van der Waals surface area contributed by atoms with Gasteiger partial charge in [0, 0.05) is 129 Å². The Kier molecular flexibility index (Phi) is 39.8. The van der Waals surface area contributed by atoms with Gasteiger partial charge in [-0.15, -0.1) is 0 Å². The second kappa shape index (κ2) is 50.3. The van der Waals surface area contributed by atoms with E-state index in [4.69, 9.17) is 94.8 Å². The summed E-state index contributed by atoms with van der Waals surface area (Å²) in [6, 6.07) is 10.9. The fourth-order valence-corrected chi connectivity index (χ4v) is 13.8. The molecule has 14 aromatic heterocycles. The second-order valence-electron chi connectivity index (χ2n) is 33.1. The van der Waals surface area contributed by atoms with Crippen LogP contribution in [0.5, 0.6) is 86.4 Å². The van der Waals surface area contributed by atoms with Gasteiger partial charge in [-0.3, -0.25) is 4.79 Å². The summed E-state index contributed by atoms with van der Waals surface area (Å²) in [5.74, 6) is 13.8. The first-order valence-corrected chi connectivity index (χ1v) is 48.7. The van der Waals surface area contributed by atoms with Gasteiger partial charge in [0.25, 0.3) is 20.2 Å². The van der Waals surface area contributed by atoms with Gasteiger partial charge in [0.15, 0.2) is 107 Å². The number of nitrogens with zero attached hydrogens (tertiary/aromatic N) is 20. The highest BCUT2D eigenvalue weighted by Crippen LogP contribution is 2.41. The van der Waals surface area contributed by atoms with Gasteiger partial charge in [-0.1, -0.05) is 109 Å². The molecule has 0 atom stereocenters. The number of methoxy groups -OCH3 is 1. The van der Waals surface area contributed by atoms with Crippen LogP contribution in [0.25, 0.3) is 0 Å². The number of nitrogens with two attached hydrogens (primary N) is 8. The lowest BCUT2D eigenvalue weighted by Crippen LogP contribution is -2.28. The van der Waals surface area contributed by atoms with Crippen molar-refractivity contribution in [1.29, 1.82) is 0 Å². The second-order valence-corrected chi connectivity index (χ2v) is 38.6. The van der Waals surface area contributed by atoms with E-state index in [0.717, 1.165) is 44.4 Å². The van der Waals surface area contributed by atoms with Crippen molar-refractivity contribution in [3.05, 3.63) is 239 Å². The number of aromatic amines is 1. The topological polar surface area (TPSA) is 655 Å². The number of pyridine rings is 7. The zero-order valence-corrected chi connectivity index (χ0v) is 87.5. The summed E-state index contributed by atoms with van der Waals surface area (Å²) in [6.07, 6.45) is 23.0. The highest BCUT2D eigenvalue weighted by molar-refractivity contribution is 9.10. The minimum absolute atomic E-state index is 0.0569. The van der Waals surface area contributed by atoms with Crippen molar-refractivity contribution in [3.63, 3.8) is 0 Å². The molecule has 0 radical (unpaired) electrons. The molecule has 17 N–H and O–H groups in total. The molecule has 48 heteroatoms. The van der Waals surface area contributed by atoms with Gasteiger partial charge >= 0.3 is 0 Å². The van der Waals surface area contributed by atoms with E-state index in [1.807, 2.05) is 75.3 Å². The van der Waals surface area contributed by atoms with Crippen molar-refractivity contribution in [2.45, 2.75) is 197 Å². The van der Waals surface area contributed by atoms with E-state index in [1.54, 1.807) is 117 Å². The molecule has 0 saturated carbocycles. The first-order chi connectivity index (χ1) is 66.2. The lowest BCUT2D eigenvalue weighted by atomic mass is 10.0. The summed E-state index contributed by atoms with van der Waals surface area (Å²) in [4.78, 5) is 91.0. The maximum absolute atomic E-state index is 11.7. The van der Waals surface area contributed by atoms with E-state index in [0.29, 0.717) is 159 Å². The van der Waals surface area contributed by atoms with Crippen molar-refractivity contribution >= 4 is 104 Å². The zero-order valence-electron chi connectivity index (χ0n) is 81.9. The Morgan fingerprint density at radius 3 is 0.901 bits per heavy atom. The third-order valence-corrected chi connectivity index (χ3v) is 22.4. The first-order valence-electron chi connectivity index (χ1n) is 43.3. The molecule has 14 heterocycles. The summed E-state index contributed by atoms with van der Waals surface area (Å²) >= 11 is 12.4. The Morgan fingerprint density at radius 1 is 0.340 bits per heavy atom. The number of anilines is 7. The van der Waals surface area contributed by atoms with Gasteiger partial charge in [0.05, 0.1) is 62.1 Å². The average molecular weight is 2120 g/mol. The number of hydrogen-bond acceptors (Lipinski definition) is 40. The molecule has 0 bridgehead atoms. The SMILES string of the molecule is COc1cc(Oc2cnc(C)nc2N)c(C(C)C)cn1.Cc1ncc(Oc2cc(=O)[nH]cc2C(C)C)c(N)n1.Cc1ncc(Oc2cc(Br)[n+]([O-])cc2C(C)C)c(N)n1.Cc1ncc(Oc2cc(Br)ncc2C(C)C)c(N)n1.Cc1ncc(Oc2cc(Cl)ncc2C(C)C)c(N)n1.Cc1ncc(Oc2cc(S(C)(=O)=O)ncc2C(C)C)c(N)n1.Cc1ncc(Oc2cc(S(N)(=O)=O)ncc2C(C)C)c(N)n1. The molecule has 43 nitrogen and oxygen atoms in total. The predicted octanol–water partition coefficient (Wildman–Crippen LogP) is 17.5. The minimum Gasteiger partial charge on any atom is -0.618 e. The monoisotopic (exact) mass is 2120 g/mol. The maximum atomic E-state index is 11.7. The smallest absolute Gasteiger partial charge is 0.262 e. The van der Waals surface area contributed by atoms with Crippen molar-refractivity contribution < 1.29 is 59.5 Å². The molecule has 0 saturated heterocycles. The molecule has 748 valence electrons. The van der Waals surface area contributed by atoms with Crippen LogP contribution in [0.2, 0.25) is 5.15 Å². The summed E-state index contributed by atoms with van der Waals surface area (Å²) in [5.41, 5.74) is 46.5. The summed E-state index contributed by atoms with van der Waals surface area (Å²) in [6.45, 7) is 40.3. The van der Waals surface area contributed by atoms with Crippen LogP contribution in [0, 0.1) is 53.7 Å². The van der Waals surface area contributed by atoms with E-state index in [1.165, 1.54) is 61.6 Å². The molecule has 0 unspecified atom stereocenters. The van der Waals surface area contributed by atoms with Crippen LogP contribution < -0.4 is 93.5 Å². The van der Waals surface area contributed by atoms with E-state index in [9.17, 15) is 26.8 Å². The molecule has 0 aliphatic rings. The van der Waals surface area contributed by atoms with Crippen LogP contribution >= 0.6 is 43.5 Å². The molecule has 0 fully saturated rings. The van der Waals surface area contributed by atoms with Gasteiger partial charge in [-0.2, -0.15) is 4.73 Å². The molecule has 14 aromatic rings. The largest absolute Gasteiger partial charge is 0.618 e. The lowest BCUT2D eigenvalue weighted by molar-refractivity contribution is -0.617. The number of primary sulfonamides is 1. The van der Waals surface area contributed by atoms with Crippen molar-refractivity contribution in [2.24, 2.45) is 5.14 Å². The quantitative estimate of drug-likeness (QED) is 0.0154. The van der Waals surface area contributed by atoms with Crippen LogP contribution in [0.4, 0.5) is 40.7 Å². The summed E-state index contributed by atoms with van der Waals surface area (Å²) < 4.78 is 93.4. The van der Waals surface area contributed by atoms with Gasteiger partial charge in [0.2, 0.25) is 5.88 Å². The van der Waals surface area contributed by atoms with E-state index < -0.39 is 19.9 Å². The number of rotatable bonds is 24. The molecule has 0 aliphatic heterocycles. The van der Waals surface area contributed by atoms with E-state index >= 15 is 0 Å². The predicted molar refractivity (Wildman–Crippen MR) is 543 cm³/mol. The molecule has 14 rings (SSSR count). The molecule has 0 amide bonds. The fourth-order valence-electron chi connectivity index (χ4n) is 12.0. The molecule has 141 heavy (non-hydrogen) atoms. The molecular weight excluding hydrogens is 2010 g/mol. The fraction of sp³-hybridized carbons (Fsp3) is 0.323. The Labute approximate surface area is 838 Å². The lowest BCUT2D eigenvalue weighted by Gasteiger charge is -2.15. The Bertz CT molecular complexity index is 6800. The zero-order chi connectivity index (χ0) is 105. The summed E-state index contributed by atoms with van der Waals surface area (Å²) in [7, 11) is -5.80. The van der Waals surface area contributed by atoms with E-state index in [2.05, 4.69) is 159 Å². The number of H-pyrrole nitrogens is 1. The van der Waals surface area contributed by atoms with Crippen molar-refractivity contribution in [1.82, 2.24) is 99.7 Å². The van der Waals surface area contributed by atoms with Crippen LogP contribution in [-0.4, -0.2) is 130 Å². The summed E-state index contributed by atoms with van der Waals surface area (Å²) in [5, 5.41) is 16.8. The minimum atomic E-state index is -3.93. The van der Waals surface area contributed by atoms with Crippen molar-refractivity contribution in [2.75, 3.05) is 53.5 Å². The van der Waals surface area contributed by atoms with Gasteiger partial charge in [0.1, 0.15) is 90.8 Å². The van der Waals surface area contributed by atoms with Crippen LogP contribution in [-0.2, 0) is 19.9 Å². The third-order valence-electron chi connectivity index (χ3n) is 19.3. The Hall–Kier alpha value is -14.7. The number of sulfonamides is 1. The Balaban J connectivity index is 0.000000202. The number of ether oxygens (including phenoxy) is 8. The average Bonchev–Trinajstić information content (AvgIpc) is 0.798. The highest BCUT2D eigenvalue weighted by Gasteiger charge is 2.25. The van der Waals surface area contributed by atoms with Gasteiger partial charge < -0.3 is 88.2 Å². The third kappa shape index (κ3) is 33.0. The normalized spacial score (nSPS) is 11.0. The van der Waals surface area contributed by atoms with Gasteiger partial charge in [-0.05, 0) is 106 Å². The van der Waals surface area contributed by atoms with Crippen LogP contribution in [0.1, 0.15) is 218 Å². The van der Waals surface area contributed by atoms with Crippen molar-refractivity contribution in [3.8, 4) is 86.4 Å². The number of hydrogen-bond donors (Lipinski definition) is 9. The molecule has 0 aromatic carbocycles. The number of nitrogen functional groups attached to an aromatic ring is 7.